The molecule has 4 aromatic rings. The molecule has 0 fully saturated rings. The molecule has 0 bridgehead atoms. The second kappa shape index (κ2) is 8.39. The van der Waals surface area contributed by atoms with Crippen molar-refractivity contribution in [2.45, 2.75) is 6.92 Å². The molecule has 156 valence electrons. The SMILES string of the molecule is CCOc1ccc(-c2ccc(-c3cc(C(=O)O)c4cc(F)ccc4n3)nc2OC)cc1. The minimum Gasteiger partial charge on any atom is -0.494 e. The molecule has 2 aromatic carbocycles. The number of halogens is 1. The van der Waals surface area contributed by atoms with Gasteiger partial charge in [-0.15, -0.1) is 0 Å². The zero-order valence-electron chi connectivity index (χ0n) is 16.9. The molecule has 0 saturated carbocycles. The maximum atomic E-state index is 13.6. The monoisotopic (exact) mass is 418 g/mol. The average Bonchev–Trinajstić information content (AvgIpc) is 2.78. The van der Waals surface area contributed by atoms with Crippen molar-refractivity contribution in [3.63, 3.8) is 0 Å². The van der Waals surface area contributed by atoms with Gasteiger partial charge in [0.2, 0.25) is 5.88 Å². The number of pyridine rings is 2. The lowest BCUT2D eigenvalue weighted by molar-refractivity contribution is 0.0699. The number of benzene rings is 2. The molecule has 1 N–H and O–H groups in total. The van der Waals surface area contributed by atoms with Crippen molar-refractivity contribution in [1.82, 2.24) is 9.97 Å². The number of hydrogen-bond donors (Lipinski definition) is 1. The van der Waals surface area contributed by atoms with Crippen LogP contribution in [0.4, 0.5) is 4.39 Å². The molecule has 7 heteroatoms. The molecule has 0 amide bonds. The van der Waals surface area contributed by atoms with Crippen LogP contribution < -0.4 is 9.47 Å². The van der Waals surface area contributed by atoms with Gasteiger partial charge in [0, 0.05) is 10.9 Å². The van der Waals surface area contributed by atoms with E-state index in [-0.39, 0.29) is 10.9 Å². The van der Waals surface area contributed by atoms with E-state index in [0.29, 0.717) is 29.4 Å². The first kappa shape index (κ1) is 20.3. The second-order valence-corrected chi connectivity index (χ2v) is 6.73. The van der Waals surface area contributed by atoms with Gasteiger partial charge in [-0.25, -0.2) is 19.2 Å². The van der Waals surface area contributed by atoms with E-state index in [4.69, 9.17) is 9.47 Å². The van der Waals surface area contributed by atoms with E-state index in [1.54, 1.807) is 6.07 Å². The summed E-state index contributed by atoms with van der Waals surface area (Å²) in [6, 6.07) is 16.4. The summed E-state index contributed by atoms with van der Waals surface area (Å²) in [5, 5.41) is 9.82. The lowest BCUT2D eigenvalue weighted by Crippen LogP contribution is -2.02. The van der Waals surface area contributed by atoms with Crippen LogP contribution in [0.3, 0.4) is 0 Å². The summed E-state index contributed by atoms with van der Waals surface area (Å²) in [7, 11) is 1.52. The molecule has 0 unspecified atom stereocenters. The number of nitrogens with zero attached hydrogens (tertiary/aromatic N) is 2. The normalized spacial score (nSPS) is 10.8. The van der Waals surface area contributed by atoms with Crippen molar-refractivity contribution in [3.8, 4) is 34.1 Å². The number of carboxylic acids is 1. The van der Waals surface area contributed by atoms with Crippen molar-refractivity contribution >= 4 is 16.9 Å². The van der Waals surface area contributed by atoms with Gasteiger partial charge in [-0.3, -0.25) is 0 Å². The Kier molecular flexibility index (Phi) is 5.49. The van der Waals surface area contributed by atoms with Crippen LogP contribution in [0.25, 0.3) is 33.4 Å². The number of rotatable bonds is 6. The van der Waals surface area contributed by atoms with Crippen LogP contribution in [0.5, 0.6) is 11.6 Å². The smallest absolute Gasteiger partial charge is 0.336 e. The van der Waals surface area contributed by atoms with Crippen LogP contribution in [-0.2, 0) is 0 Å². The van der Waals surface area contributed by atoms with Crippen LogP contribution >= 0.6 is 0 Å². The van der Waals surface area contributed by atoms with Crippen molar-refractivity contribution < 1.29 is 23.8 Å². The summed E-state index contributed by atoms with van der Waals surface area (Å²) < 4.78 is 24.6. The van der Waals surface area contributed by atoms with Gasteiger partial charge in [-0.2, -0.15) is 0 Å². The third-order valence-electron chi connectivity index (χ3n) is 4.79. The molecule has 31 heavy (non-hydrogen) atoms. The second-order valence-electron chi connectivity index (χ2n) is 6.73. The number of carboxylic acid groups (broad SMARTS) is 1. The van der Waals surface area contributed by atoms with Crippen LogP contribution in [0.1, 0.15) is 17.3 Å². The Morgan fingerprint density at radius 2 is 1.77 bits per heavy atom. The molecule has 0 aliphatic heterocycles. The fourth-order valence-electron chi connectivity index (χ4n) is 3.36. The van der Waals surface area contributed by atoms with E-state index in [1.165, 1.54) is 31.4 Å². The van der Waals surface area contributed by atoms with E-state index in [2.05, 4.69) is 9.97 Å². The van der Waals surface area contributed by atoms with Crippen molar-refractivity contribution in [1.29, 1.82) is 0 Å². The zero-order valence-corrected chi connectivity index (χ0v) is 16.9. The maximum Gasteiger partial charge on any atom is 0.336 e. The van der Waals surface area contributed by atoms with Crippen molar-refractivity contribution in [3.05, 3.63) is 72.0 Å². The summed E-state index contributed by atoms with van der Waals surface area (Å²) in [6.07, 6.45) is 0. The van der Waals surface area contributed by atoms with Crippen molar-refractivity contribution in [2.24, 2.45) is 0 Å². The first-order chi connectivity index (χ1) is 15.0. The largest absolute Gasteiger partial charge is 0.494 e. The van der Waals surface area contributed by atoms with Crippen LogP contribution in [0, 0.1) is 5.82 Å². The van der Waals surface area contributed by atoms with Crippen LogP contribution in [0.15, 0.2) is 60.7 Å². The van der Waals surface area contributed by atoms with Gasteiger partial charge in [-0.05, 0) is 61.0 Å². The number of aromatic carboxylic acids is 1. The molecule has 4 rings (SSSR count). The molecule has 2 heterocycles. The van der Waals surface area contributed by atoms with Gasteiger partial charge in [0.05, 0.1) is 36.2 Å². The van der Waals surface area contributed by atoms with Crippen LogP contribution in [0.2, 0.25) is 0 Å². The first-order valence-corrected chi connectivity index (χ1v) is 9.62. The molecule has 0 atom stereocenters. The average molecular weight is 418 g/mol. The summed E-state index contributed by atoms with van der Waals surface area (Å²) >= 11 is 0. The highest BCUT2D eigenvalue weighted by Crippen LogP contribution is 2.33. The molecule has 0 saturated heterocycles. The lowest BCUT2D eigenvalue weighted by atomic mass is 10.0. The fourth-order valence-corrected chi connectivity index (χ4v) is 3.36. The third-order valence-corrected chi connectivity index (χ3v) is 4.79. The molecule has 0 radical (unpaired) electrons. The highest BCUT2D eigenvalue weighted by Gasteiger charge is 2.16. The van der Waals surface area contributed by atoms with E-state index in [1.807, 2.05) is 37.3 Å². The van der Waals surface area contributed by atoms with E-state index in [9.17, 15) is 14.3 Å². The standard InChI is InChI=1S/C24H19FN2O4/c1-3-31-16-7-4-14(5-8-16)17-9-11-21(27-23(17)30-2)22-13-19(24(28)29)18-12-15(25)6-10-20(18)26-22/h4-13H,3H2,1-2H3,(H,28,29). The number of ether oxygens (including phenoxy) is 2. The minimum absolute atomic E-state index is 0.0455. The van der Waals surface area contributed by atoms with E-state index in [0.717, 1.165) is 16.9 Å². The fraction of sp³-hybridized carbons (Fsp3) is 0.125. The number of aromatic nitrogens is 2. The van der Waals surface area contributed by atoms with Gasteiger partial charge >= 0.3 is 5.97 Å². The Labute approximate surface area is 177 Å². The topological polar surface area (TPSA) is 81.5 Å². The molecule has 2 aromatic heterocycles. The Balaban J connectivity index is 1.79. The van der Waals surface area contributed by atoms with E-state index >= 15 is 0 Å². The molecule has 0 spiro atoms. The Morgan fingerprint density at radius 1 is 1.00 bits per heavy atom. The Bertz CT molecular complexity index is 1270. The predicted molar refractivity (Wildman–Crippen MR) is 115 cm³/mol. The number of fused-ring (bicyclic) bond motifs is 1. The predicted octanol–water partition coefficient (Wildman–Crippen LogP) is 5.21. The van der Waals surface area contributed by atoms with E-state index < -0.39 is 11.8 Å². The summed E-state index contributed by atoms with van der Waals surface area (Å²) in [5.74, 6) is -0.548. The molecular weight excluding hydrogens is 399 g/mol. The summed E-state index contributed by atoms with van der Waals surface area (Å²) in [6.45, 7) is 2.51. The number of hydrogen-bond acceptors (Lipinski definition) is 5. The maximum absolute atomic E-state index is 13.6. The molecular formula is C24H19FN2O4. The van der Waals surface area contributed by atoms with Crippen LogP contribution in [-0.4, -0.2) is 34.8 Å². The number of methoxy groups -OCH3 is 1. The van der Waals surface area contributed by atoms with Crippen molar-refractivity contribution in [2.75, 3.05) is 13.7 Å². The van der Waals surface area contributed by atoms with Gasteiger partial charge in [0.15, 0.2) is 0 Å². The summed E-state index contributed by atoms with van der Waals surface area (Å²) in [5.41, 5.74) is 2.79. The zero-order chi connectivity index (χ0) is 22.0. The van der Waals surface area contributed by atoms with Gasteiger partial charge < -0.3 is 14.6 Å². The van der Waals surface area contributed by atoms with Gasteiger partial charge in [0.25, 0.3) is 0 Å². The first-order valence-electron chi connectivity index (χ1n) is 9.62. The molecule has 6 nitrogen and oxygen atoms in total. The Hall–Kier alpha value is -4.00. The highest BCUT2D eigenvalue weighted by molar-refractivity contribution is 6.03. The highest BCUT2D eigenvalue weighted by atomic mass is 19.1. The number of carbonyl (C=O) groups is 1. The quantitative estimate of drug-likeness (QED) is 0.463. The van der Waals surface area contributed by atoms with Gasteiger partial charge in [0.1, 0.15) is 11.6 Å². The van der Waals surface area contributed by atoms with Gasteiger partial charge in [-0.1, -0.05) is 12.1 Å². The molecule has 0 aliphatic carbocycles. The molecule has 0 aliphatic rings. The minimum atomic E-state index is -1.17. The Morgan fingerprint density at radius 3 is 2.45 bits per heavy atom. The third kappa shape index (κ3) is 4.02. The lowest BCUT2D eigenvalue weighted by Gasteiger charge is -2.12. The summed E-state index contributed by atoms with van der Waals surface area (Å²) in [4.78, 5) is 20.8.